The number of carbonyl (C=O) groups is 2. The van der Waals surface area contributed by atoms with Gasteiger partial charge in [-0.3, -0.25) is 9.78 Å². The molecule has 1 aliphatic rings. The summed E-state index contributed by atoms with van der Waals surface area (Å²) in [6, 6.07) is 12.0. The van der Waals surface area contributed by atoms with Crippen LogP contribution in [-0.2, 0) is 24.5 Å². The fourth-order valence-corrected chi connectivity index (χ4v) is 5.53. The summed E-state index contributed by atoms with van der Waals surface area (Å²) in [7, 11) is 0. The molecule has 0 aliphatic carbocycles. The molecule has 3 atom stereocenters. The highest BCUT2D eigenvalue weighted by atomic mass is 32.1. The molecule has 0 amide bonds. The summed E-state index contributed by atoms with van der Waals surface area (Å²) in [5.74, 6) is -0.937. The smallest absolute Gasteiger partial charge is 0.337 e. The molecular formula is C27H30N4O4S. The van der Waals surface area contributed by atoms with Gasteiger partial charge in [-0.1, -0.05) is 30.3 Å². The molecule has 3 heterocycles. The van der Waals surface area contributed by atoms with Crippen LogP contribution in [0.15, 0.2) is 71.5 Å². The number of allylic oxidation sites excluding steroid dienone is 1. The van der Waals surface area contributed by atoms with Crippen LogP contribution >= 0.6 is 11.3 Å². The van der Waals surface area contributed by atoms with Gasteiger partial charge in [-0.05, 0) is 45.4 Å². The van der Waals surface area contributed by atoms with Gasteiger partial charge >= 0.3 is 11.9 Å². The van der Waals surface area contributed by atoms with Gasteiger partial charge in [-0.2, -0.15) is 0 Å². The van der Waals surface area contributed by atoms with Crippen molar-refractivity contribution in [3.05, 3.63) is 77.1 Å². The highest BCUT2D eigenvalue weighted by Crippen LogP contribution is 2.43. The van der Waals surface area contributed by atoms with Crippen molar-refractivity contribution in [3.63, 3.8) is 0 Å². The molecule has 0 fully saturated rings. The Bertz CT molecular complexity index is 1240. The minimum absolute atomic E-state index is 0.201. The number of hydrogen-bond donors (Lipinski definition) is 2. The van der Waals surface area contributed by atoms with Crippen LogP contribution in [0.3, 0.4) is 0 Å². The van der Waals surface area contributed by atoms with Crippen LogP contribution in [0.1, 0.15) is 33.3 Å². The number of hydrogen-bond acceptors (Lipinski definition) is 9. The standard InChI is InChI=1S/C27H30N4O4S/c1-5-34-24(32)22-17(3)29-18(4)27(25(33)35-6-2,20-12-8-7-9-13-20)23(22)31-26-30-21(16-36-26)19-11-10-14-28-15-19/h7-16,18,23,29H,5-6H2,1-4H3,(H,30,31). The lowest BCUT2D eigenvalue weighted by atomic mass is 9.64. The van der Waals surface area contributed by atoms with Gasteiger partial charge in [-0.15, -0.1) is 11.3 Å². The molecule has 0 saturated carbocycles. The van der Waals surface area contributed by atoms with Gasteiger partial charge in [0.2, 0.25) is 0 Å². The van der Waals surface area contributed by atoms with Crippen LogP contribution in [0.2, 0.25) is 0 Å². The molecule has 2 aromatic heterocycles. The number of pyridine rings is 1. The van der Waals surface area contributed by atoms with Crippen molar-refractivity contribution in [2.45, 2.75) is 45.2 Å². The van der Waals surface area contributed by atoms with E-state index in [9.17, 15) is 9.59 Å². The van der Waals surface area contributed by atoms with Gasteiger partial charge in [0, 0.05) is 35.1 Å². The summed E-state index contributed by atoms with van der Waals surface area (Å²) >= 11 is 1.39. The molecule has 1 aromatic carbocycles. The number of esters is 2. The molecule has 2 N–H and O–H groups in total. The lowest BCUT2D eigenvalue weighted by Gasteiger charge is -2.48. The summed E-state index contributed by atoms with van der Waals surface area (Å²) in [4.78, 5) is 36.1. The molecule has 4 rings (SSSR count). The van der Waals surface area contributed by atoms with Crippen molar-refractivity contribution in [2.24, 2.45) is 0 Å². The first-order valence-electron chi connectivity index (χ1n) is 11.9. The Morgan fingerprint density at radius 3 is 2.53 bits per heavy atom. The highest BCUT2D eigenvalue weighted by Gasteiger charge is 2.58. The molecule has 3 aromatic rings. The van der Waals surface area contributed by atoms with E-state index in [1.54, 1.807) is 26.2 Å². The van der Waals surface area contributed by atoms with Crippen LogP contribution in [0.25, 0.3) is 11.3 Å². The molecule has 0 saturated heterocycles. The molecule has 36 heavy (non-hydrogen) atoms. The number of anilines is 1. The first-order chi connectivity index (χ1) is 17.4. The number of benzene rings is 1. The molecule has 0 radical (unpaired) electrons. The summed E-state index contributed by atoms with van der Waals surface area (Å²) in [6.07, 6.45) is 3.45. The van der Waals surface area contributed by atoms with E-state index in [4.69, 9.17) is 14.5 Å². The number of ether oxygens (including phenoxy) is 2. The van der Waals surface area contributed by atoms with Gasteiger partial charge in [-0.25, -0.2) is 9.78 Å². The van der Waals surface area contributed by atoms with Crippen molar-refractivity contribution < 1.29 is 19.1 Å². The topological polar surface area (TPSA) is 102 Å². The molecule has 9 heteroatoms. The Hall–Kier alpha value is -3.72. The van der Waals surface area contributed by atoms with Gasteiger partial charge in [0.1, 0.15) is 5.41 Å². The average Bonchev–Trinajstić information content (AvgIpc) is 3.34. The zero-order chi connectivity index (χ0) is 25.7. The van der Waals surface area contributed by atoms with E-state index in [2.05, 4.69) is 15.6 Å². The third-order valence-electron chi connectivity index (χ3n) is 6.35. The van der Waals surface area contributed by atoms with Crippen LogP contribution < -0.4 is 10.6 Å². The van der Waals surface area contributed by atoms with Gasteiger partial charge in [0.25, 0.3) is 0 Å². The summed E-state index contributed by atoms with van der Waals surface area (Å²) < 4.78 is 11.1. The largest absolute Gasteiger partial charge is 0.465 e. The fourth-order valence-electron chi connectivity index (χ4n) is 4.78. The second-order valence-electron chi connectivity index (χ2n) is 8.44. The number of carbonyl (C=O) groups excluding carboxylic acids is 2. The SMILES string of the molecule is CCOC(=O)C1=C(C)NC(C)C(C(=O)OCC)(c2ccccc2)C1Nc1nc(-c2cccnc2)cs1. The van der Waals surface area contributed by atoms with Gasteiger partial charge < -0.3 is 20.1 Å². The van der Waals surface area contributed by atoms with E-state index in [1.807, 2.05) is 61.7 Å². The normalized spacial score (nSPS) is 21.4. The lowest BCUT2D eigenvalue weighted by molar-refractivity contribution is -0.152. The summed E-state index contributed by atoms with van der Waals surface area (Å²) in [5.41, 5.74) is 2.04. The molecule has 0 bridgehead atoms. The Kier molecular flexibility index (Phi) is 7.69. The maximum absolute atomic E-state index is 13.9. The molecule has 8 nitrogen and oxygen atoms in total. The maximum atomic E-state index is 13.9. The van der Waals surface area contributed by atoms with Crippen LogP contribution in [0, 0.1) is 0 Å². The van der Waals surface area contributed by atoms with Crippen molar-refractivity contribution in [3.8, 4) is 11.3 Å². The number of aromatic nitrogens is 2. The molecule has 1 aliphatic heterocycles. The van der Waals surface area contributed by atoms with E-state index >= 15 is 0 Å². The molecule has 3 unspecified atom stereocenters. The van der Waals surface area contributed by atoms with E-state index in [0.717, 1.165) is 16.8 Å². The Morgan fingerprint density at radius 1 is 1.11 bits per heavy atom. The minimum Gasteiger partial charge on any atom is -0.465 e. The number of thiazole rings is 1. The zero-order valence-electron chi connectivity index (χ0n) is 20.8. The van der Waals surface area contributed by atoms with Crippen LogP contribution in [0.4, 0.5) is 5.13 Å². The number of nitrogens with one attached hydrogen (secondary N) is 2. The predicted octanol–water partition coefficient (Wildman–Crippen LogP) is 4.32. The first kappa shape index (κ1) is 25.4. The summed E-state index contributed by atoms with van der Waals surface area (Å²) in [6.45, 7) is 7.68. The van der Waals surface area contributed by atoms with Gasteiger partial charge in [0.05, 0.1) is 30.5 Å². The van der Waals surface area contributed by atoms with Crippen LogP contribution in [-0.4, -0.2) is 47.2 Å². The zero-order valence-corrected chi connectivity index (χ0v) is 21.6. The quantitative estimate of drug-likeness (QED) is 0.436. The van der Waals surface area contributed by atoms with Crippen molar-refractivity contribution in [1.29, 1.82) is 0 Å². The first-order valence-corrected chi connectivity index (χ1v) is 12.8. The monoisotopic (exact) mass is 506 g/mol. The Morgan fingerprint density at radius 2 is 1.86 bits per heavy atom. The van der Waals surface area contributed by atoms with Crippen LogP contribution in [0.5, 0.6) is 0 Å². The second kappa shape index (κ2) is 10.9. The fraction of sp³-hybridized carbons (Fsp3) is 0.333. The lowest BCUT2D eigenvalue weighted by Crippen LogP contribution is -2.66. The third kappa shape index (κ3) is 4.58. The van der Waals surface area contributed by atoms with Crippen molar-refractivity contribution in [1.82, 2.24) is 15.3 Å². The van der Waals surface area contributed by atoms with Gasteiger partial charge in [0.15, 0.2) is 5.13 Å². The second-order valence-corrected chi connectivity index (χ2v) is 9.30. The average molecular weight is 507 g/mol. The van der Waals surface area contributed by atoms with E-state index in [-0.39, 0.29) is 13.2 Å². The maximum Gasteiger partial charge on any atom is 0.337 e. The van der Waals surface area contributed by atoms with E-state index < -0.39 is 29.4 Å². The third-order valence-corrected chi connectivity index (χ3v) is 7.13. The Balaban J connectivity index is 1.89. The van der Waals surface area contributed by atoms with E-state index in [1.165, 1.54) is 11.3 Å². The van der Waals surface area contributed by atoms with Crippen molar-refractivity contribution in [2.75, 3.05) is 18.5 Å². The molecular weight excluding hydrogens is 476 g/mol. The van der Waals surface area contributed by atoms with E-state index in [0.29, 0.717) is 16.4 Å². The number of rotatable bonds is 8. The minimum atomic E-state index is -1.28. The summed E-state index contributed by atoms with van der Waals surface area (Å²) in [5, 5.41) is 9.27. The molecule has 188 valence electrons. The predicted molar refractivity (Wildman–Crippen MR) is 139 cm³/mol. The molecule has 0 spiro atoms. The Labute approximate surface area is 214 Å². The highest BCUT2D eigenvalue weighted by molar-refractivity contribution is 7.14. The van der Waals surface area contributed by atoms with Crippen molar-refractivity contribution >= 4 is 28.4 Å². The number of nitrogens with zero attached hydrogens (tertiary/aromatic N) is 2.